The average Bonchev–Trinajstić information content (AvgIpc) is 2.63. The molecule has 2 heterocycles. The Balaban J connectivity index is 2.15. The van der Waals surface area contributed by atoms with Gasteiger partial charge in [0.1, 0.15) is 16.8 Å². The topological polar surface area (TPSA) is 29.0 Å². The predicted molar refractivity (Wildman–Crippen MR) is 85.5 cm³/mol. The Morgan fingerprint density at radius 3 is 2.55 bits per heavy atom. The normalized spacial score (nSPS) is 20.6. The summed E-state index contributed by atoms with van der Waals surface area (Å²) in [6.45, 7) is 11.0. The molecule has 1 aliphatic rings. The van der Waals surface area contributed by atoms with Gasteiger partial charge in [-0.25, -0.2) is 9.97 Å². The van der Waals surface area contributed by atoms with Crippen molar-refractivity contribution in [3.63, 3.8) is 0 Å². The fourth-order valence-corrected chi connectivity index (χ4v) is 3.05. The molecule has 0 aromatic carbocycles. The summed E-state index contributed by atoms with van der Waals surface area (Å²) in [4.78, 5) is 11.4. The quantitative estimate of drug-likeness (QED) is 0.768. The van der Waals surface area contributed by atoms with Crippen LogP contribution < -0.4 is 4.90 Å². The molecule has 3 nitrogen and oxygen atoms in total. The van der Waals surface area contributed by atoms with Crippen molar-refractivity contribution in [2.24, 2.45) is 11.8 Å². The van der Waals surface area contributed by atoms with Crippen LogP contribution in [-0.2, 0) is 0 Å². The fraction of sp³-hybridized carbons (Fsp3) is 0.750. The van der Waals surface area contributed by atoms with Crippen LogP contribution in [-0.4, -0.2) is 23.1 Å². The van der Waals surface area contributed by atoms with E-state index >= 15 is 0 Å². The molecule has 1 aromatic heterocycles. The van der Waals surface area contributed by atoms with Gasteiger partial charge >= 0.3 is 0 Å². The molecule has 0 saturated carbocycles. The van der Waals surface area contributed by atoms with Crippen molar-refractivity contribution in [1.29, 1.82) is 0 Å². The molecule has 0 spiro atoms. The zero-order chi connectivity index (χ0) is 14.7. The first-order valence-corrected chi connectivity index (χ1v) is 8.14. The molecule has 0 amide bonds. The van der Waals surface area contributed by atoms with Crippen LogP contribution in [0.1, 0.15) is 58.7 Å². The lowest BCUT2D eigenvalue weighted by Crippen LogP contribution is -2.26. The molecule has 0 N–H and O–H groups in total. The van der Waals surface area contributed by atoms with Crippen molar-refractivity contribution in [1.82, 2.24) is 9.97 Å². The minimum Gasteiger partial charge on any atom is -0.356 e. The summed E-state index contributed by atoms with van der Waals surface area (Å²) in [5.74, 6) is 3.76. The summed E-state index contributed by atoms with van der Waals surface area (Å²) in [5.41, 5.74) is 0. The van der Waals surface area contributed by atoms with E-state index in [1.807, 2.05) is 6.07 Å². The van der Waals surface area contributed by atoms with Crippen molar-refractivity contribution in [3.05, 3.63) is 17.0 Å². The van der Waals surface area contributed by atoms with Crippen LogP contribution in [0.15, 0.2) is 6.07 Å². The summed E-state index contributed by atoms with van der Waals surface area (Å²) in [5, 5.41) is 0.559. The number of rotatable bonds is 3. The van der Waals surface area contributed by atoms with Crippen molar-refractivity contribution < 1.29 is 0 Å². The lowest BCUT2D eigenvalue weighted by Gasteiger charge is -2.23. The Labute approximate surface area is 127 Å². The van der Waals surface area contributed by atoms with Gasteiger partial charge in [-0.1, -0.05) is 39.3 Å². The number of halogens is 1. The van der Waals surface area contributed by atoms with Gasteiger partial charge in [0.15, 0.2) is 0 Å². The third kappa shape index (κ3) is 3.85. The van der Waals surface area contributed by atoms with Crippen LogP contribution >= 0.6 is 11.6 Å². The summed E-state index contributed by atoms with van der Waals surface area (Å²) >= 11 is 6.16. The monoisotopic (exact) mass is 295 g/mol. The van der Waals surface area contributed by atoms with E-state index in [0.717, 1.165) is 36.6 Å². The Hall–Kier alpha value is -0.830. The van der Waals surface area contributed by atoms with E-state index in [1.165, 1.54) is 19.3 Å². The summed E-state index contributed by atoms with van der Waals surface area (Å²) in [7, 11) is 0. The predicted octanol–water partition coefficient (Wildman–Crippen LogP) is 4.52. The van der Waals surface area contributed by atoms with Gasteiger partial charge in [0.25, 0.3) is 0 Å². The zero-order valence-corrected chi connectivity index (χ0v) is 13.8. The van der Waals surface area contributed by atoms with Gasteiger partial charge < -0.3 is 4.90 Å². The van der Waals surface area contributed by atoms with E-state index in [1.54, 1.807) is 0 Å². The van der Waals surface area contributed by atoms with Gasteiger partial charge in [-0.05, 0) is 31.1 Å². The van der Waals surface area contributed by atoms with E-state index in [0.29, 0.717) is 11.1 Å². The van der Waals surface area contributed by atoms with E-state index in [2.05, 4.69) is 37.6 Å². The smallest absolute Gasteiger partial charge is 0.135 e. The summed E-state index contributed by atoms with van der Waals surface area (Å²) in [6.07, 6.45) is 3.81. The Bertz CT molecular complexity index is 445. The van der Waals surface area contributed by atoms with Gasteiger partial charge in [0.05, 0.1) is 0 Å². The summed E-state index contributed by atoms with van der Waals surface area (Å²) in [6, 6.07) is 1.91. The maximum absolute atomic E-state index is 6.16. The van der Waals surface area contributed by atoms with Gasteiger partial charge in [0, 0.05) is 25.1 Å². The molecule has 112 valence electrons. The second-order valence-electron chi connectivity index (χ2n) is 6.48. The highest BCUT2D eigenvalue weighted by Gasteiger charge is 2.21. The minimum atomic E-state index is 0.308. The minimum absolute atomic E-state index is 0.308. The molecule has 1 atom stereocenters. The number of nitrogens with zero attached hydrogens (tertiary/aromatic N) is 3. The highest BCUT2D eigenvalue weighted by Crippen LogP contribution is 2.28. The molecule has 1 aromatic rings. The molecule has 1 fully saturated rings. The second kappa shape index (κ2) is 6.75. The van der Waals surface area contributed by atoms with Crippen LogP contribution in [0.4, 0.5) is 5.82 Å². The second-order valence-corrected chi connectivity index (χ2v) is 6.87. The largest absolute Gasteiger partial charge is 0.356 e. The summed E-state index contributed by atoms with van der Waals surface area (Å²) < 4.78 is 0. The highest BCUT2D eigenvalue weighted by atomic mass is 35.5. The Kier molecular flexibility index (Phi) is 5.25. The standard InChI is InChI=1S/C16H26ClN3/c1-11(2)13-6-5-8-20(9-7-13)15-10-14(17)18-16(19-15)12(3)4/h10-13H,5-9H2,1-4H3. The van der Waals surface area contributed by atoms with E-state index in [-0.39, 0.29) is 0 Å². The van der Waals surface area contributed by atoms with Crippen LogP contribution in [0.3, 0.4) is 0 Å². The third-order valence-corrected chi connectivity index (χ3v) is 4.45. The van der Waals surface area contributed by atoms with Gasteiger partial charge in [-0.2, -0.15) is 0 Å². The van der Waals surface area contributed by atoms with Gasteiger partial charge in [-0.3, -0.25) is 0 Å². The lowest BCUT2D eigenvalue weighted by molar-refractivity contribution is 0.351. The van der Waals surface area contributed by atoms with Crippen molar-refractivity contribution in [2.45, 2.75) is 52.9 Å². The SMILES string of the molecule is CC(C)c1nc(Cl)cc(N2CCCC(C(C)C)CC2)n1. The van der Waals surface area contributed by atoms with Crippen molar-refractivity contribution in [3.8, 4) is 0 Å². The number of hydrogen-bond acceptors (Lipinski definition) is 3. The Morgan fingerprint density at radius 1 is 1.15 bits per heavy atom. The van der Waals surface area contributed by atoms with Crippen molar-refractivity contribution in [2.75, 3.05) is 18.0 Å². The first-order valence-electron chi connectivity index (χ1n) is 7.76. The van der Waals surface area contributed by atoms with Crippen LogP contribution in [0.25, 0.3) is 0 Å². The molecule has 0 bridgehead atoms. The maximum atomic E-state index is 6.16. The molecular weight excluding hydrogens is 270 g/mol. The first-order chi connectivity index (χ1) is 9.47. The van der Waals surface area contributed by atoms with Crippen molar-refractivity contribution >= 4 is 17.4 Å². The molecule has 1 aliphatic heterocycles. The molecule has 0 aliphatic carbocycles. The first kappa shape index (κ1) is 15.6. The molecule has 0 radical (unpaired) electrons. The zero-order valence-electron chi connectivity index (χ0n) is 13.1. The number of aromatic nitrogens is 2. The fourth-order valence-electron chi connectivity index (χ4n) is 2.86. The molecule has 1 unspecified atom stereocenters. The number of anilines is 1. The molecular formula is C16H26ClN3. The molecule has 20 heavy (non-hydrogen) atoms. The van der Waals surface area contributed by atoms with Crippen LogP contribution in [0, 0.1) is 11.8 Å². The van der Waals surface area contributed by atoms with Gasteiger partial charge in [-0.15, -0.1) is 0 Å². The Morgan fingerprint density at radius 2 is 1.90 bits per heavy atom. The van der Waals surface area contributed by atoms with E-state index < -0.39 is 0 Å². The lowest BCUT2D eigenvalue weighted by atomic mass is 9.89. The molecule has 4 heteroatoms. The van der Waals surface area contributed by atoms with E-state index in [4.69, 9.17) is 16.6 Å². The molecule has 2 rings (SSSR count). The van der Waals surface area contributed by atoms with Crippen LogP contribution in [0.5, 0.6) is 0 Å². The third-order valence-electron chi connectivity index (χ3n) is 4.25. The average molecular weight is 296 g/mol. The maximum Gasteiger partial charge on any atom is 0.135 e. The van der Waals surface area contributed by atoms with E-state index in [9.17, 15) is 0 Å². The molecule has 1 saturated heterocycles. The van der Waals surface area contributed by atoms with Crippen LogP contribution in [0.2, 0.25) is 5.15 Å². The number of hydrogen-bond donors (Lipinski definition) is 0. The highest BCUT2D eigenvalue weighted by molar-refractivity contribution is 6.29. The van der Waals surface area contributed by atoms with Gasteiger partial charge in [0.2, 0.25) is 0 Å².